The maximum absolute atomic E-state index is 2.30. The first-order valence-corrected chi connectivity index (χ1v) is 8.47. The zero-order valence-electron chi connectivity index (χ0n) is 13.9. The van der Waals surface area contributed by atoms with Gasteiger partial charge in [0.25, 0.3) is 0 Å². The molecule has 0 N–H and O–H groups in total. The lowest BCUT2D eigenvalue weighted by Gasteiger charge is -2.16. The highest BCUT2D eigenvalue weighted by atomic mass is 14.2. The molecule has 0 unspecified atom stereocenters. The van der Waals surface area contributed by atoms with E-state index in [0.717, 1.165) is 0 Å². The largest absolute Gasteiger partial charge is 0.0617 e. The fraction of sp³-hybridized carbons (Fsp3) is 0.0833. The number of aryl methyl sites for hydroxylation is 2. The second-order valence-electron chi connectivity index (χ2n) is 6.74. The molecule has 0 bridgehead atoms. The number of hydrogen-bond donors (Lipinski definition) is 0. The molecule has 0 heteroatoms. The molecule has 0 heterocycles. The number of rotatable bonds is 1. The summed E-state index contributed by atoms with van der Waals surface area (Å²) in [5.41, 5.74) is 5.39. The Labute approximate surface area is 141 Å². The summed E-state index contributed by atoms with van der Waals surface area (Å²) < 4.78 is 0. The van der Waals surface area contributed by atoms with Gasteiger partial charge in [0, 0.05) is 0 Å². The van der Waals surface area contributed by atoms with Crippen molar-refractivity contribution in [3.8, 4) is 11.1 Å². The molecule has 0 saturated heterocycles. The summed E-state index contributed by atoms with van der Waals surface area (Å²) in [4.78, 5) is 0. The molecule has 0 aliphatic rings. The average molecular weight is 306 g/mol. The van der Waals surface area contributed by atoms with Crippen LogP contribution in [0, 0.1) is 13.8 Å². The third-order valence-corrected chi connectivity index (χ3v) is 5.28. The van der Waals surface area contributed by atoms with Crippen LogP contribution in [0.4, 0.5) is 0 Å². The van der Waals surface area contributed by atoms with Gasteiger partial charge in [-0.1, -0.05) is 72.8 Å². The highest BCUT2D eigenvalue weighted by molar-refractivity contribution is 6.25. The SMILES string of the molecule is Cc1cccc(C)c1-c1ccc2ccc3cccc4ccc1c2c34. The van der Waals surface area contributed by atoms with Crippen LogP contribution in [0.15, 0.2) is 72.8 Å². The van der Waals surface area contributed by atoms with E-state index in [-0.39, 0.29) is 0 Å². The number of hydrogen-bond acceptors (Lipinski definition) is 0. The van der Waals surface area contributed by atoms with Crippen LogP contribution in [-0.4, -0.2) is 0 Å². The molecule has 0 amide bonds. The number of benzene rings is 5. The standard InChI is InChI=1S/C24H18/c1-15-5-3-6-16(2)22(15)20-13-12-19-10-9-17-7-4-8-18-11-14-21(20)24(19)23(17)18/h3-14H,1-2H3. The van der Waals surface area contributed by atoms with Crippen LogP contribution in [0.25, 0.3) is 43.4 Å². The third-order valence-electron chi connectivity index (χ3n) is 5.28. The Morgan fingerprint density at radius 1 is 0.500 bits per heavy atom. The van der Waals surface area contributed by atoms with E-state index in [0.29, 0.717) is 0 Å². The first kappa shape index (κ1) is 13.6. The minimum Gasteiger partial charge on any atom is -0.0617 e. The first-order chi connectivity index (χ1) is 11.7. The molecule has 24 heavy (non-hydrogen) atoms. The van der Waals surface area contributed by atoms with Gasteiger partial charge in [0.1, 0.15) is 0 Å². The highest BCUT2D eigenvalue weighted by Gasteiger charge is 2.13. The summed E-state index contributed by atoms with van der Waals surface area (Å²) in [6.07, 6.45) is 0. The molecule has 0 atom stereocenters. The van der Waals surface area contributed by atoms with Gasteiger partial charge in [-0.15, -0.1) is 0 Å². The van der Waals surface area contributed by atoms with E-state index in [1.165, 1.54) is 54.6 Å². The smallest absolute Gasteiger partial charge is 0.00206 e. The van der Waals surface area contributed by atoms with Crippen molar-refractivity contribution in [2.24, 2.45) is 0 Å². The molecule has 0 aliphatic heterocycles. The second kappa shape index (κ2) is 4.82. The quantitative estimate of drug-likeness (QED) is 0.296. The van der Waals surface area contributed by atoms with Crippen LogP contribution in [0.3, 0.4) is 0 Å². The van der Waals surface area contributed by atoms with E-state index in [2.05, 4.69) is 86.6 Å². The molecule has 0 nitrogen and oxygen atoms in total. The van der Waals surface area contributed by atoms with Gasteiger partial charge in [-0.3, -0.25) is 0 Å². The van der Waals surface area contributed by atoms with Gasteiger partial charge in [-0.25, -0.2) is 0 Å². The van der Waals surface area contributed by atoms with E-state index in [4.69, 9.17) is 0 Å². The van der Waals surface area contributed by atoms with Crippen molar-refractivity contribution >= 4 is 32.3 Å². The van der Waals surface area contributed by atoms with E-state index in [1.54, 1.807) is 0 Å². The predicted molar refractivity (Wildman–Crippen MR) is 105 cm³/mol. The summed E-state index contributed by atoms with van der Waals surface area (Å²) in [5.74, 6) is 0. The van der Waals surface area contributed by atoms with Crippen molar-refractivity contribution in [2.45, 2.75) is 13.8 Å². The molecule has 114 valence electrons. The van der Waals surface area contributed by atoms with Crippen molar-refractivity contribution < 1.29 is 0 Å². The van der Waals surface area contributed by atoms with Crippen LogP contribution >= 0.6 is 0 Å². The van der Waals surface area contributed by atoms with Gasteiger partial charge in [0.15, 0.2) is 0 Å². The molecular weight excluding hydrogens is 288 g/mol. The molecule has 0 radical (unpaired) electrons. The van der Waals surface area contributed by atoms with Crippen molar-refractivity contribution in [1.82, 2.24) is 0 Å². The van der Waals surface area contributed by atoms with Crippen LogP contribution in [0.1, 0.15) is 11.1 Å². The van der Waals surface area contributed by atoms with E-state index < -0.39 is 0 Å². The molecule has 0 saturated carbocycles. The van der Waals surface area contributed by atoms with Crippen LogP contribution in [-0.2, 0) is 0 Å². The first-order valence-electron chi connectivity index (χ1n) is 8.47. The Morgan fingerprint density at radius 2 is 1.04 bits per heavy atom. The van der Waals surface area contributed by atoms with Gasteiger partial charge in [-0.2, -0.15) is 0 Å². The Balaban J connectivity index is 2.02. The van der Waals surface area contributed by atoms with Crippen LogP contribution in [0.2, 0.25) is 0 Å². The summed E-state index contributed by atoms with van der Waals surface area (Å²) >= 11 is 0. The van der Waals surface area contributed by atoms with Gasteiger partial charge >= 0.3 is 0 Å². The lowest BCUT2D eigenvalue weighted by atomic mass is 9.87. The molecule has 5 rings (SSSR count). The van der Waals surface area contributed by atoms with Crippen molar-refractivity contribution in [1.29, 1.82) is 0 Å². The normalized spacial score (nSPS) is 11.8. The van der Waals surface area contributed by atoms with Gasteiger partial charge in [0.05, 0.1) is 0 Å². The van der Waals surface area contributed by atoms with E-state index in [9.17, 15) is 0 Å². The summed E-state index contributed by atoms with van der Waals surface area (Å²) in [6, 6.07) is 26.7. The lowest BCUT2D eigenvalue weighted by molar-refractivity contribution is 1.39. The van der Waals surface area contributed by atoms with Crippen LogP contribution < -0.4 is 0 Å². The average Bonchev–Trinajstić information content (AvgIpc) is 2.60. The van der Waals surface area contributed by atoms with Crippen molar-refractivity contribution in [3.05, 3.63) is 83.9 Å². The Bertz CT molecular complexity index is 1180. The van der Waals surface area contributed by atoms with Gasteiger partial charge in [0.2, 0.25) is 0 Å². The molecule has 5 aromatic rings. The van der Waals surface area contributed by atoms with Gasteiger partial charge < -0.3 is 0 Å². The Morgan fingerprint density at radius 3 is 1.75 bits per heavy atom. The molecule has 0 spiro atoms. The minimum absolute atomic E-state index is 1.32. The summed E-state index contributed by atoms with van der Waals surface area (Å²) in [5, 5.41) is 8.11. The van der Waals surface area contributed by atoms with E-state index >= 15 is 0 Å². The van der Waals surface area contributed by atoms with Crippen molar-refractivity contribution in [2.75, 3.05) is 0 Å². The van der Waals surface area contributed by atoms with Crippen molar-refractivity contribution in [3.63, 3.8) is 0 Å². The predicted octanol–water partition coefficient (Wildman–Crippen LogP) is 6.87. The monoisotopic (exact) mass is 306 g/mol. The topological polar surface area (TPSA) is 0 Å². The molecule has 0 aliphatic carbocycles. The fourth-order valence-corrected chi connectivity index (χ4v) is 4.19. The third kappa shape index (κ3) is 1.74. The van der Waals surface area contributed by atoms with E-state index in [1.807, 2.05) is 0 Å². The van der Waals surface area contributed by atoms with Crippen LogP contribution in [0.5, 0.6) is 0 Å². The maximum Gasteiger partial charge on any atom is -0.00206 e. The Kier molecular flexibility index (Phi) is 2.72. The Hall–Kier alpha value is -2.86. The molecule has 0 fully saturated rings. The summed E-state index contributed by atoms with van der Waals surface area (Å²) in [6.45, 7) is 4.42. The zero-order valence-corrected chi connectivity index (χ0v) is 13.9. The molecule has 0 aromatic heterocycles. The molecule has 5 aromatic carbocycles. The highest BCUT2D eigenvalue weighted by Crippen LogP contribution is 2.40. The van der Waals surface area contributed by atoms with Gasteiger partial charge in [-0.05, 0) is 68.4 Å². The lowest BCUT2D eigenvalue weighted by Crippen LogP contribution is -1.91. The second-order valence-corrected chi connectivity index (χ2v) is 6.74. The zero-order chi connectivity index (χ0) is 16.3. The summed E-state index contributed by atoms with van der Waals surface area (Å²) in [7, 11) is 0. The fourth-order valence-electron chi connectivity index (χ4n) is 4.19. The maximum atomic E-state index is 2.30. The molecular formula is C24H18. The minimum atomic E-state index is 1.32.